The van der Waals surface area contributed by atoms with E-state index in [0.29, 0.717) is 6.54 Å². The summed E-state index contributed by atoms with van der Waals surface area (Å²) in [5.41, 5.74) is 0.788. The van der Waals surface area contributed by atoms with Gasteiger partial charge in [0, 0.05) is 19.3 Å². The van der Waals surface area contributed by atoms with Gasteiger partial charge < -0.3 is 10.6 Å². The third kappa shape index (κ3) is 4.27. The fraction of sp³-hybridized carbons (Fsp3) is 0.294. The average Bonchev–Trinajstić information content (AvgIpc) is 3.10. The van der Waals surface area contributed by atoms with E-state index >= 15 is 0 Å². The van der Waals surface area contributed by atoms with Gasteiger partial charge in [0.2, 0.25) is 0 Å². The normalized spacial score (nSPS) is 14.9. The quantitative estimate of drug-likeness (QED) is 0.833. The van der Waals surface area contributed by atoms with E-state index in [1.165, 1.54) is 29.1 Å². The number of benzene rings is 1. The molecular formula is C17H17F3N4O. The van der Waals surface area contributed by atoms with Gasteiger partial charge in [-0.05, 0) is 37.2 Å². The van der Waals surface area contributed by atoms with Crippen molar-refractivity contribution in [1.82, 2.24) is 20.4 Å². The Balaban J connectivity index is 1.69. The number of rotatable bonds is 4. The number of nitrogens with one attached hydrogen (secondary N) is 2. The van der Waals surface area contributed by atoms with Crippen LogP contribution in [0.3, 0.4) is 0 Å². The predicted molar refractivity (Wildman–Crippen MR) is 86.5 cm³/mol. The van der Waals surface area contributed by atoms with Crippen molar-refractivity contribution in [2.75, 3.05) is 19.6 Å². The van der Waals surface area contributed by atoms with Crippen LogP contribution in [0, 0.1) is 0 Å². The second kappa shape index (κ2) is 7.10. The highest BCUT2D eigenvalue weighted by Crippen LogP contribution is 2.30. The number of aromatic nitrogens is 2. The van der Waals surface area contributed by atoms with E-state index in [1.54, 1.807) is 0 Å². The summed E-state index contributed by atoms with van der Waals surface area (Å²) in [6.07, 6.45) is -0.0515. The van der Waals surface area contributed by atoms with Crippen molar-refractivity contribution in [3.8, 4) is 5.69 Å². The SMILES string of the molecule is O=C(NCC1=CCNCC1)c1ccn(-c2cccc(C(F)(F)F)c2)n1. The highest BCUT2D eigenvalue weighted by molar-refractivity contribution is 5.92. The Hall–Kier alpha value is -2.61. The molecular weight excluding hydrogens is 333 g/mol. The Bertz CT molecular complexity index is 795. The summed E-state index contributed by atoms with van der Waals surface area (Å²) in [7, 11) is 0. The van der Waals surface area contributed by atoms with Crippen LogP contribution in [0.1, 0.15) is 22.5 Å². The molecule has 0 unspecified atom stereocenters. The van der Waals surface area contributed by atoms with Crippen molar-refractivity contribution < 1.29 is 18.0 Å². The molecule has 25 heavy (non-hydrogen) atoms. The molecule has 132 valence electrons. The number of halogens is 3. The van der Waals surface area contributed by atoms with E-state index in [1.807, 2.05) is 6.08 Å². The topological polar surface area (TPSA) is 59.0 Å². The van der Waals surface area contributed by atoms with E-state index < -0.39 is 11.7 Å². The van der Waals surface area contributed by atoms with E-state index in [4.69, 9.17) is 0 Å². The molecule has 1 amide bonds. The van der Waals surface area contributed by atoms with Gasteiger partial charge in [-0.15, -0.1) is 0 Å². The van der Waals surface area contributed by atoms with E-state index in [9.17, 15) is 18.0 Å². The summed E-state index contributed by atoms with van der Waals surface area (Å²) >= 11 is 0. The molecule has 1 aliphatic heterocycles. The fourth-order valence-corrected chi connectivity index (χ4v) is 2.53. The fourth-order valence-electron chi connectivity index (χ4n) is 2.53. The van der Waals surface area contributed by atoms with E-state index in [-0.39, 0.29) is 17.3 Å². The minimum atomic E-state index is -4.42. The molecule has 0 atom stereocenters. The standard InChI is InChI=1S/C17H17F3N4O/c18-17(19,20)13-2-1-3-14(10-13)24-9-6-15(23-24)16(25)22-11-12-4-7-21-8-5-12/h1-4,6,9-10,21H,5,7-8,11H2,(H,22,25). The van der Waals surface area contributed by atoms with Crippen molar-refractivity contribution in [2.24, 2.45) is 0 Å². The number of carbonyl (C=O) groups is 1. The van der Waals surface area contributed by atoms with Crippen LogP contribution in [0.4, 0.5) is 13.2 Å². The third-order valence-electron chi connectivity index (χ3n) is 3.89. The van der Waals surface area contributed by atoms with Crippen molar-refractivity contribution in [3.05, 3.63) is 59.4 Å². The predicted octanol–water partition coefficient (Wildman–Crippen LogP) is 2.54. The molecule has 2 heterocycles. The largest absolute Gasteiger partial charge is 0.416 e. The summed E-state index contributed by atoms with van der Waals surface area (Å²) in [5, 5.41) is 10.0. The van der Waals surface area contributed by atoms with Gasteiger partial charge in [-0.2, -0.15) is 18.3 Å². The monoisotopic (exact) mass is 350 g/mol. The second-order valence-electron chi connectivity index (χ2n) is 5.69. The number of hydrogen-bond acceptors (Lipinski definition) is 3. The third-order valence-corrected chi connectivity index (χ3v) is 3.89. The molecule has 8 heteroatoms. The summed E-state index contributed by atoms with van der Waals surface area (Å²) in [6.45, 7) is 2.11. The molecule has 1 aromatic heterocycles. The maximum Gasteiger partial charge on any atom is 0.416 e. The first kappa shape index (κ1) is 17.2. The van der Waals surface area contributed by atoms with Crippen LogP contribution in [0.15, 0.2) is 48.2 Å². The van der Waals surface area contributed by atoms with Crippen LogP contribution in [-0.4, -0.2) is 35.3 Å². The Morgan fingerprint density at radius 1 is 1.32 bits per heavy atom. The van der Waals surface area contributed by atoms with Crippen molar-refractivity contribution in [2.45, 2.75) is 12.6 Å². The molecule has 1 aromatic carbocycles. The lowest BCUT2D eigenvalue weighted by Gasteiger charge is -2.14. The maximum atomic E-state index is 12.8. The van der Waals surface area contributed by atoms with Crippen LogP contribution in [0.25, 0.3) is 5.69 Å². The van der Waals surface area contributed by atoms with Crippen molar-refractivity contribution in [3.63, 3.8) is 0 Å². The van der Waals surface area contributed by atoms with Crippen LogP contribution >= 0.6 is 0 Å². The first-order valence-corrected chi connectivity index (χ1v) is 7.83. The zero-order valence-corrected chi connectivity index (χ0v) is 13.3. The number of carbonyl (C=O) groups excluding carboxylic acids is 1. The van der Waals surface area contributed by atoms with Crippen LogP contribution in [0.5, 0.6) is 0 Å². The number of hydrogen-bond donors (Lipinski definition) is 2. The average molecular weight is 350 g/mol. The zero-order chi connectivity index (χ0) is 17.9. The molecule has 2 N–H and O–H groups in total. The molecule has 0 saturated heterocycles. The Labute approximate surface area is 142 Å². The molecule has 5 nitrogen and oxygen atoms in total. The molecule has 0 saturated carbocycles. The van der Waals surface area contributed by atoms with E-state index in [2.05, 4.69) is 15.7 Å². The van der Waals surface area contributed by atoms with Crippen molar-refractivity contribution in [1.29, 1.82) is 0 Å². The minimum Gasteiger partial charge on any atom is -0.347 e. The highest BCUT2D eigenvalue weighted by Gasteiger charge is 2.30. The van der Waals surface area contributed by atoms with E-state index in [0.717, 1.165) is 37.2 Å². The van der Waals surface area contributed by atoms with Gasteiger partial charge in [-0.1, -0.05) is 17.7 Å². The summed E-state index contributed by atoms with van der Waals surface area (Å²) < 4.78 is 39.6. The molecule has 2 aromatic rings. The first-order valence-electron chi connectivity index (χ1n) is 7.83. The summed E-state index contributed by atoms with van der Waals surface area (Å²) in [6, 6.07) is 6.28. The molecule has 0 aliphatic carbocycles. The van der Waals surface area contributed by atoms with Gasteiger partial charge in [-0.25, -0.2) is 4.68 Å². The minimum absolute atomic E-state index is 0.159. The van der Waals surface area contributed by atoms with Gasteiger partial charge in [-0.3, -0.25) is 4.79 Å². The molecule has 1 aliphatic rings. The zero-order valence-electron chi connectivity index (χ0n) is 13.3. The van der Waals surface area contributed by atoms with Gasteiger partial charge in [0.15, 0.2) is 5.69 Å². The van der Waals surface area contributed by atoms with Crippen LogP contribution in [-0.2, 0) is 6.18 Å². The Morgan fingerprint density at radius 3 is 2.88 bits per heavy atom. The van der Waals surface area contributed by atoms with Crippen LogP contribution in [0.2, 0.25) is 0 Å². The lowest BCUT2D eigenvalue weighted by molar-refractivity contribution is -0.137. The maximum absolute atomic E-state index is 12.8. The van der Waals surface area contributed by atoms with Crippen molar-refractivity contribution >= 4 is 5.91 Å². The summed E-state index contributed by atoms with van der Waals surface area (Å²) in [4.78, 5) is 12.1. The lowest BCUT2D eigenvalue weighted by atomic mass is 10.1. The van der Waals surface area contributed by atoms with Gasteiger partial charge in [0.25, 0.3) is 5.91 Å². The number of amides is 1. The van der Waals surface area contributed by atoms with Gasteiger partial charge in [0.05, 0.1) is 11.3 Å². The molecule has 0 bridgehead atoms. The molecule has 0 radical (unpaired) electrons. The van der Waals surface area contributed by atoms with Crippen LogP contribution < -0.4 is 10.6 Å². The summed E-state index contributed by atoms with van der Waals surface area (Å²) in [5.74, 6) is -0.356. The Kier molecular flexibility index (Phi) is 4.89. The second-order valence-corrected chi connectivity index (χ2v) is 5.69. The molecule has 0 spiro atoms. The highest BCUT2D eigenvalue weighted by atomic mass is 19.4. The first-order chi connectivity index (χ1) is 11.9. The molecule has 0 fully saturated rings. The smallest absolute Gasteiger partial charge is 0.347 e. The van der Waals surface area contributed by atoms with Gasteiger partial charge >= 0.3 is 6.18 Å². The Morgan fingerprint density at radius 2 is 2.16 bits per heavy atom. The molecule has 3 rings (SSSR count). The number of alkyl halides is 3. The lowest BCUT2D eigenvalue weighted by Crippen LogP contribution is -2.29. The van der Waals surface area contributed by atoms with Gasteiger partial charge in [0.1, 0.15) is 0 Å². The number of nitrogens with zero attached hydrogens (tertiary/aromatic N) is 2.